The number of hydrogen-bond acceptors (Lipinski definition) is 4. The zero-order chi connectivity index (χ0) is 12.7. The van der Waals surface area contributed by atoms with Gasteiger partial charge < -0.3 is 0 Å². The van der Waals surface area contributed by atoms with Gasteiger partial charge in [-0.1, -0.05) is 35.1 Å². The molecule has 3 aromatic rings. The van der Waals surface area contributed by atoms with Crippen LogP contribution in [0.15, 0.2) is 29.1 Å². The van der Waals surface area contributed by atoms with Crippen LogP contribution in [-0.2, 0) is 0 Å². The molecule has 0 aliphatic heterocycles. The van der Waals surface area contributed by atoms with Crippen LogP contribution in [0.3, 0.4) is 0 Å². The van der Waals surface area contributed by atoms with E-state index in [1.807, 2.05) is 12.1 Å². The van der Waals surface area contributed by atoms with Gasteiger partial charge in [-0.3, -0.25) is 4.79 Å². The third-order valence-corrected chi connectivity index (χ3v) is 3.57. The Hall–Kier alpha value is -1.72. The van der Waals surface area contributed by atoms with Gasteiger partial charge in [-0.25, -0.2) is 4.98 Å². The summed E-state index contributed by atoms with van der Waals surface area (Å²) in [4.78, 5) is 16.6. The zero-order valence-corrected chi connectivity index (χ0v) is 11.0. The van der Waals surface area contributed by atoms with Crippen molar-refractivity contribution in [2.75, 3.05) is 0 Å². The van der Waals surface area contributed by atoms with Crippen LogP contribution in [0.2, 0.25) is 5.02 Å². The van der Waals surface area contributed by atoms with Crippen LogP contribution in [0, 0.1) is 6.92 Å². The van der Waals surface area contributed by atoms with Crippen molar-refractivity contribution in [3.63, 3.8) is 0 Å². The van der Waals surface area contributed by atoms with Crippen molar-refractivity contribution >= 4 is 34.0 Å². The molecule has 0 radical (unpaired) electrons. The molecule has 0 saturated heterocycles. The highest BCUT2D eigenvalue weighted by molar-refractivity contribution is 7.14. The van der Waals surface area contributed by atoms with Gasteiger partial charge in [-0.15, -0.1) is 0 Å². The second kappa shape index (κ2) is 4.19. The standard InChI is InChI=1S/C12H8ClN3OS/c1-7-14-12-16(15-7)10(11(17)18-12)6-8-2-4-9(13)5-3-8/h2-6H,1H3/b10-6-. The molecular formula is C12H8ClN3OS. The zero-order valence-electron chi connectivity index (χ0n) is 9.42. The number of nitrogens with zero attached hydrogens (tertiary/aromatic N) is 3. The van der Waals surface area contributed by atoms with E-state index in [1.54, 1.807) is 29.6 Å². The number of halogens is 1. The first kappa shape index (κ1) is 11.4. The summed E-state index contributed by atoms with van der Waals surface area (Å²) >= 11 is 6.92. The lowest BCUT2D eigenvalue weighted by Crippen LogP contribution is -2.24. The van der Waals surface area contributed by atoms with Crippen molar-refractivity contribution in [1.29, 1.82) is 0 Å². The number of aryl methyl sites for hydroxylation is 1. The molecule has 0 atom stereocenters. The molecule has 0 bridgehead atoms. The quantitative estimate of drug-likeness (QED) is 0.680. The molecule has 0 amide bonds. The summed E-state index contributed by atoms with van der Waals surface area (Å²) in [5.41, 5.74) is 0.907. The second-order valence-electron chi connectivity index (χ2n) is 3.82. The molecule has 3 rings (SSSR count). The Morgan fingerprint density at radius 3 is 2.78 bits per heavy atom. The van der Waals surface area contributed by atoms with Crippen LogP contribution in [0.25, 0.3) is 11.0 Å². The predicted octanol–water partition coefficient (Wildman–Crippen LogP) is 1.66. The summed E-state index contributed by atoms with van der Waals surface area (Å²) in [5, 5.41) is 5.40. The second-order valence-corrected chi connectivity index (χ2v) is 5.20. The number of benzene rings is 1. The molecule has 0 N–H and O–H groups in total. The van der Waals surface area contributed by atoms with Crippen LogP contribution in [0.5, 0.6) is 0 Å². The highest BCUT2D eigenvalue weighted by atomic mass is 35.5. The average molecular weight is 278 g/mol. The number of thiazole rings is 1. The van der Waals surface area contributed by atoms with Crippen LogP contribution < -0.4 is 10.1 Å². The van der Waals surface area contributed by atoms with Crippen molar-refractivity contribution in [3.8, 4) is 0 Å². The van der Waals surface area contributed by atoms with Crippen LogP contribution in [-0.4, -0.2) is 14.6 Å². The third-order valence-electron chi connectivity index (χ3n) is 2.48. The smallest absolute Gasteiger partial charge is 0.261 e. The fourth-order valence-electron chi connectivity index (χ4n) is 1.68. The van der Waals surface area contributed by atoms with Gasteiger partial charge in [0.2, 0.25) is 4.96 Å². The van der Waals surface area contributed by atoms with Crippen LogP contribution in [0.1, 0.15) is 11.4 Å². The van der Waals surface area contributed by atoms with E-state index in [2.05, 4.69) is 10.1 Å². The molecule has 0 aliphatic rings. The molecule has 4 nitrogen and oxygen atoms in total. The fraction of sp³-hybridized carbons (Fsp3) is 0.0833. The minimum Gasteiger partial charge on any atom is -0.275 e. The van der Waals surface area contributed by atoms with E-state index in [-0.39, 0.29) is 4.74 Å². The minimum atomic E-state index is -0.0417. The van der Waals surface area contributed by atoms with Gasteiger partial charge in [-0.2, -0.15) is 9.61 Å². The molecule has 1 aromatic carbocycles. The maximum absolute atomic E-state index is 11.8. The summed E-state index contributed by atoms with van der Waals surface area (Å²) in [6.45, 7) is 1.80. The van der Waals surface area contributed by atoms with Gasteiger partial charge in [0.15, 0.2) is 0 Å². The molecule has 0 unspecified atom stereocenters. The molecule has 90 valence electrons. The number of fused-ring (bicyclic) bond motifs is 1. The molecule has 0 spiro atoms. The Balaban J connectivity index is 2.27. The predicted molar refractivity (Wildman–Crippen MR) is 72.1 cm³/mol. The molecule has 6 heteroatoms. The molecule has 0 saturated carbocycles. The highest BCUT2D eigenvalue weighted by Gasteiger charge is 2.07. The molecule has 0 aliphatic carbocycles. The van der Waals surface area contributed by atoms with Gasteiger partial charge in [0.1, 0.15) is 11.2 Å². The lowest BCUT2D eigenvalue weighted by Gasteiger charge is -1.92. The average Bonchev–Trinajstić information content (AvgIpc) is 2.80. The number of hydrogen-bond donors (Lipinski definition) is 0. The van der Waals surface area contributed by atoms with E-state index < -0.39 is 0 Å². The van der Waals surface area contributed by atoms with Crippen molar-refractivity contribution in [2.24, 2.45) is 0 Å². The first-order valence-electron chi connectivity index (χ1n) is 5.27. The van der Waals surface area contributed by atoms with Crippen LogP contribution >= 0.6 is 22.9 Å². The topological polar surface area (TPSA) is 47.3 Å². The van der Waals surface area contributed by atoms with E-state index in [0.29, 0.717) is 21.2 Å². The van der Waals surface area contributed by atoms with E-state index >= 15 is 0 Å². The van der Waals surface area contributed by atoms with Gasteiger partial charge >= 0.3 is 0 Å². The Labute approximate surface area is 111 Å². The van der Waals surface area contributed by atoms with Gasteiger partial charge in [-0.05, 0) is 30.7 Å². The Morgan fingerprint density at radius 1 is 1.33 bits per heavy atom. The maximum atomic E-state index is 11.8. The van der Waals surface area contributed by atoms with Crippen molar-refractivity contribution < 1.29 is 0 Å². The highest BCUT2D eigenvalue weighted by Crippen LogP contribution is 2.09. The van der Waals surface area contributed by atoms with Gasteiger partial charge in [0.05, 0.1) is 0 Å². The first-order valence-corrected chi connectivity index (χ1v) is 6.46. The first-order chi connectivity index (χ1) is 8.63. The summed E-state index contributed by atoms with van der Waals surface area (Å²) in [6.07, 6.45) is 1.79. The van der Waals surface area contributed by atoms with E-state index in [0.717, 1.165) is 16.9 Å². The lowest BCUT2D eigenvalue weighted by atomic mass is 10.2. The number of aromatic nitrogens is 3. The van der Waals surface area contributed by atoms with Crippen molar-refractivity contribution in [1.82, 2.24) is 14.6 Å². The SMILES string of the molecule is Cc1nc2sc(=O)/c(=C/c3ccc(Cl)cc3)n2n1. The summed E-state index contributed by atoms with van der Waals surface area (Å²) in [7, 11) is 0. The fourth-order valence-corrected chi connectivity index (χ4v) is 2.62. The van der Waals surface area contributed by atoms with Crippen LogP contribution in [0.4, 0.5) is 0 Å². The summed E-state index contributed by atoms with van der Waals surface area (Å²) < 4.78 is 1.54. The Kier molecular flexibility index (Phi) is 2.65. The van der Waals surface area contributed by atoms with E-state index in [1.165, 1.54) is 0 Å². The maximum Gasteiger partial charge on any atom is 0.261 e. The van der Waals surface area contributed by atoms with Crippen molar-refractivity contribution in [3.05, 3.63) is 55.6 Å². The minimum absolute atomic E-state index is 0.0417. The largest absolute Gasteiger partial charge is 0.275 e. The van der Waals surface area contributed by atoms with Gasteiger partial charge in [0, 0.05) is 5.02 Å². The van der Waals surface area contributed by atoms with Gasteiger partial charge in [0.25, 0.3) is 4.74 Å². The number of rotatable bonds is 1. The molecule has 0 fully saturated rings. The lowest BCUT2D eigenvalue weighted by molar-refractivity contribution is 0.908. The molecule has 2 heterocycles. The summed E-state index contributed by atoms with van der Waals surface area (Å²) in [6, 6.07) is 7.28. The summed E-state index contributed by atoms with van der Waals surface area (Å²) in [5.74, 6) is 0.659. The third kappa shape index (κ3) is 1.91. The molecular weight excluding hydrogens is 270 g/mol. The molecule has 2 aromatic heterocycles. The normalized spacial score (nSPS) is 12.4. The van der Waals surface area contributed by atoms with E-state index in [4.69, 9.17) is 11.6 Å². The Morgan fingerprint density at radius 2 is 2.06 bits per heavy atom. The molecule has 18 heavy (non-hydrogen) atoms. The Bertz CT molecular complexity index is 819. The monoisotopic (exact) mass is 277 g/mol. The van der Waals surface area contributed by atoms with E-state index in [9.17, 15) is 4.79 Å². The van der Waals surface area contributed by atoms with Crippen molar-refractivity contribution in [2.45, 2.75) is 6.92 Å².